The molecule has 0 atom stereocenters. The number of methoxy groups -OCH3 is 8. The summed E-state index contributed by atoms with van der Waals surface area (Å²) in [6, 6.07) is 10.7. The lowest BCUT2D eigenvalue weighted by Crippen LogP contribution is -2.01. The van der Waals surface area contributed by atoms with Crippen molar-refractivity contribution in [1.29, 1.82) is 0 Å². The number of hydrogen-bond acceptors (Lipinski definition) is 9. The van der Waals surface area contributed by atoms with Crippen molar-refractivity contribution in [2.75, 3.05) is 56.9 Å². The molecule has 3 aromatic carbocycles. The van der Waals surface area contributed by atoms with E-state index in [0.717, 1.165) is 16.7 Å². The summed E-state index contributed by atoms with van der Waals surface area (Å²) in [6.45, 7) is 0. The Hall–Kier alpha value is -4.79. The van der Waals surface area contributed by atoms with Gasteiger partial charge in [-0.3, -0.25) is 4.79 Å². The number of ketones is 1. The quantitative estimate of drug-likeness (QED) is 0.135. The second-order valence-electron chi connectivity index (χ2n) is 8.58. The Labute approximate surface area is 240 Å². The first kappa shape index (κ1) is 30.7. The molecule has 3 rings (SSSR count). The predicted molar refractivity (Wildman–Crippen MR) is 158 cm³/mol. The highest BCUT2D eigenvalue weighted by molar-refractivity contribution is 6.05. The summed E-state index contributed by atoms with van der Waals surface area (Å²) >= 11 is 0. The maximum Gasteiger partial charge on any atom is 0.203 e. The highest BCUT2D eigenvalue weighted by Crippen LogP contribution is 2.40. The van der Waals surface area contributed by atoms with Gasteiger partial charge in [0.05, 0.1) is 56.9 Å². The fraction of sp³-hybridized carbons (Fsp3) is 0.281. The van der Waals surface area contributed by atoms with E-state index in [1.807, 2.05) is 36.4 Å². The van der Waals surface area contributed by atoms with E-state index in [1.165, 1.54) is 27.4 Å². The Balaban J connectivity index is 1.95. The predicted octanol–water partition coefficient (Wildman–Crippen LogP) is 5.91. The molecular formula is C32H36O9. The molecule has 0 fully saturated rings. The van der Waals surface area contributed by atoms with Gasteiger partial charge in [0.15, 0.2) is 40.3 Å². The lowest BCUT2D eigenvalue weighted by Gasteiger charge is -2.14. The highest BCUT2D eigenvalue weighted by Gasteiger charge is 2.16. The van der Waals surface area contributed by atoms with Crippen molar-refractivity contribution >= 4 is 17.9 Å². The van der Waals surface area contributed by atoms with Gasteiger partial charge >= 0.3 is 0 Å². The fourth-order valence-electron chi connectivity index (χ4n) is 4.26. The Morgan fingerprint density at radius 3 is 1.49 bits per heavy atom. The summed E-state index contributed by atoms with van der Waals surface area (Å²) in [6.07, 6.45) is 7.64. The molecule has 0 aliphatic carbocycles. The van der Waals surface area contributed by atoms with Crippen LogP contribution in [0.4, 0.5) is 0 Å². The molecule has 0 radical (unpaired) electrons. The SMILES string of the molecule is COc1cc(/C=C\c2cc(OC)c(OC)c(OC)c2)c(C/C=C\C(=O)c2cc(OC)c(OC)c(OC)c2)cc1OC. The molecule has 0 bridgehead atoms. The summed E-state index contributed by atoms with van der Waals surface area (Å²) in [5.74, 6) is 3.80. The zero-order chi connectivity index (χ0) is 29.9. The van der Waals surface area contributed by atoms with E-state index in [0.29, 0.717) is 58.0 Å². The fourth-order valence-corrected chi connectivity index (χ4v) is 4.26. The highest BCUT2D eigenvalue weighted by atomic mass is 16.5. The van der Waals surface area contributed by atoms with Crippen LogP contribution in [0.15, 0.2) is 48.6 Å². The van der Waals surface area contributed by atoms with Crippen molar-refractivity contribution < 1.29 is 42.7 Å². The second kappa shape index (κ2) is 14.6. The van der Waals surface area contributed by atoms with E-state index in [9.17, 15) is 4.79 Å². The number of rotatable bonds is 14. The molecule has 0 saturated carbocycles. The lowest BCUT2D eigenvalue weighted by atomic mass is 10.0. The molecule has 0 heterocycles. The molecule has 0 aromatic heterocycles. The van der Waals surface area contributed by atoms with Crippen LogP contribution < -0.4 is 37.9 Å². The average Bonchev–Trinajstić information content (AvgIpc) is 3.01. The van der Waals surface area contributed by atoms with E-state index in [-0.39, 0.29) is 5.78 Å². The minimum atomic E-state index is -0.209. The molecule has 0 aliphatic heterocycles. The first-order valence-corrected chi connectivity index (χ1v) is 12.6. The Bertz CT molecular complexity index is 1370. The molecule has 3 aromatic rings. The van der Waals surface area contributed by atoms with Crippen LogP contribution in [0.5, 0.6) is 46.0 Å². The molecule has 218 valence electrons. The largest absolute Gasteiger partial charge is 0.493 e. The maximum atomic E-state index is 13.0. The monoisotopic (exact) mass is 564 g/mol. The van der Waals surface area contributed by atoms with Crippen molar-refractivity contribution in [3.63, 3.8) is 0 Å². The Morgan fingerprint density at radius 2 is 1.02 bits per heavy atom. The lowest BCUT2D eigenvalue weighted by molar-refractivity contribution is 0.104. The zero-order valence-corrected chi connectivity index (χ0v) is 24.7. The van der Waals surface area contributed by atoms with Crippen LogP contribution in [0.25, 0.3) is 12.2 Å². The first-order valence-electron chi connectivity index (χ1n) is 12.6. The van der Waals surface area contributed by atoms with Gasteiger partial charge in [-0.2, -0.15) is 0 Å². The van der Waals surface area contributed by atoms with Gasteiger partial charge < -0.3 is 37.9 Å². The van der Waals surface area contributed by atoms with E-state index in [4.69, 9.17) is 37.9 Å². The molecule has 9 heteroatoms. The molecular weight excluding hydrogens is 528 g/mol. The summed E-state index contributed by atoms with van der Waals surface area (Å²) < 4.78 is 43.5. The number of carbonyl (C=O) groups is 1. The van der Waals surface area contributed by atoms with Crippen LogP contribution in [0.1, 0.15) is 27.0 Å². The van der Waals surface area contributed by atoms with Gasteiger partial charge in [0.25, 0.3) is 0 Å². The number of benzene rings is 3. The van der Waals surface area contributed by atoms with Crippen LogP contribution >= 0.6 is 0 Å². The number of allylic oxidation sites excluding steroid dienone is 2. The van der Waals surface area contributed by atoms with Gasteiger partial charge in [0.2, 0.25) is 11.5 Å². The molecule has 0 aliphatic rings. The topological polar surface area (TPSA) is 90.9 Å². The van der Waals surface area contributed by atoms with E-state index in [1.54, 1.807) is 53.8 Å². The summed E-state index contributed by atoms with van der Waals surface area (Å²) in [4.78, 5) is 13.0. The van der Waals surface area contributed by atoms with Gasteiger partial charge in [-0.1, -0.05) is 18.2 Å². The molecule has 0 spiro atoms. The van der Waals surface area contributed by atoms with E-state index >= 15 is 0 Å². The summed E-state index contributed by atoms with van der Waals surface area (Å²) in [5, 5.41) is 0. The third-order valence-electron chi connectivity index (χ3n) is 6.34. The normalized spacial score (nSPS) is 10.9. The number of carbonyl (C=O) groups excluding carboxylic acids is 1. The minimum Gasteiger partial charge on any atom is -0.493 e. The van der Waals surface area contributed by atoms with Crippen molar-refractivity contribution in [3.8, 4) is 46.0 Å². The molecule has 9 nitrogen and oxygen atoms in total. The van der Waals surface area contributed by atoms with Crippen LogP contribution in [0.3, 0.4) is 0 Å². The summed E-state index contributed by atoms with van der Waals surface area (Å²) in [5.41, 5.74) is 3.04. The third kappa shape index (κ3) is 7.05. The maximum absolute atomic E-state index is 13.0. The number of ether oxygens (including phenoxy) is 8. The minimum absolute atomic E-state index is 0.209. The Kier molecular flexibility index (Phi) is 10.9. The van der Waals surface area contributed by atoms with Crippen LogP contribution in [-0.2, 0) is 6.42 Å². The average molecular weight is 565 g/mol. The van der Waals surface area contributed by atoms with Crippen LogP contribution in [0, 0.1) is 0 Å². The Morgan fingerprint density at radius 1 is 0.561 bits per heavy atom. The van der Waals surface area contributed by atoms with E-state index in [2.05, 4.69) is 0 Å². The van der Waals surface area contributed by atoms with Gasteiger partial charge in [0.1, 0.15) is 0 Å². The van der Waals surface area contributed by atoms with Gasteiger partial charge in [-0.25, -0.2) is 0 Å². The van der Waals surface area contributed by atoms with Crippen molar-refractivity contribution in [2.24, 2.45) is 0 Å². The third-order valence-corrected chi connectivity index (χ3v) is 6.34. The smallest absolute Gasteiger partial charge is 0.203 e. The molecule has 0 N–H and O–H groups in total. The molecule has 0 unspecified atom stereocenters. The van der Waals surface area contributed by atoms with Gasteiger partial charge in [-0.15, -0.1) is 0 Å². The van der Waals surface area contributed by atoms with Crippen molar-refractivity contribution in [3.05, 3.63) is 70.8 Å². The van der Waals surface area contributed by atoms with Crippen LogP contribution in [0.2, 0.25) is 0 Å². The van der Waals surface area contributed by atoms with Gasteiger partial charge in [-0.05, 0) is 65.6 Å². The molecule has 41 heavy (non-hydrogen) atoms. The second-order valence-corrected chi connectivity index (χ2v) is 8.58. The van der Waals surface area contributed by atoms with E-state index < -0.39 is 0 Å². The zero-order valence-electron chi connectivity index (χ0n) is 24.7. The summed E-state index contributed by atoms with van der Waals surface area (Å²) in [7, 11) is 12.4. The molecule has 0 amide bonds. The standard InChI is InChI=1S/C32H36O9/c1-34-25-16-21(10-9-11-24(33)23-18-29(38-5)32(41-8)30(19-23)39-6)22(17-26(25)35-2)13-12-20-14-27(36-3)31(40-7)28(15-20)37-4/h9,11-19H,10H2,1-8H3/b11-9-,13-12-. The van der Waals surface area contributed by atoms with Crippen molar-refractivity contribution in [2.45, 2.75) is 6.42 Å². The molecule has 0 saturated heterocycles. The number of hydrogen-bond donors (Lipinski definition) is 0. The van der Waals surface area contributed by atoms with Gasteiger partial charge in [0, 0.05) is 5.56 Å². The van der Waals surface area contributed by atoms with Crippen molar-refractivity contribution in [1.82, 2.24) is 0 Å². The van der Waals surface area contributed by atoms with Crippen LogP contribution in [-0.4, -0.2) is 62.7 Å². The first-order chi connectivity index (χ1) is 19.9.